The molecule has 116 valence electrons. The van der Waals surface area contributed by atoms with Gasteiger partial charge < -0.3 is 10.2 Å². The van der Waals surface area contributed by atoms with Crippen LogP contribution in [0.1, 0.15) is 39.5 Å². The Morgan fingerprint density at radius 2 is 2.00 bits per heavy atom. The lowest BCUT2D eigenvalue weighted by atomic mass is 9.91. The summed E-state index contributed by atoms with van der Waals surface area (Å²) in [6.45, 7) is 8.70. The van der Waals surface area contributed by atoms with Crippen LogP contribution in [-0.4, -0.2) is 60.0 Å². The van der Waals surface area contributed by atoms with Gasteiger partial charge in [0.05, 0.1) is 0 Å². The van der Waals surface area contributed by atoms with Crippen molar-refractivity contribution in [1.82, 2.24) is 15.1 Å². The van der Waals surface area contributed by atoms with Crippen LogP contribution in [0.15, 0.2) is 0 Å². The molecule has 0 saturated carbocycles. The number of rotatable bonds is 1. The molecule has 4 atom stereocenters. The molecule has 0 spiro atoms. The molecule has 0 aromatic carbocycles. The van der Waals surface area contributed by atoms with Crippen molar-refractivity contribution in [2.24, 2.45) is 5.92 Å². The van der Waals surface area contributed by atoms with Crippen molar-refractivity contribution >= 4 is 18.3 Å². The number of piperazine rings is 1. The molecule has 0 bridgehead atoms. The Morgan fingerprint density at radius 3 is 2.75 bits per heavy atom. The van der Waals surface area contributed by atoms with Gasteiger partial charge in [0.15, 0.2) is 0 Å². The molecule has 5 heteroatoms. The van der Waals surface area contributed by atoms with Crippen LogP contribution in [0.2, 0.25) is 0 Å². The number of carbonyl (C=O) groups is 1. The van der Waals surface area contributed by atoms with E-state index in [1.165, 1.54) is 19.4 Å². The van der Waals surface area contributed by atoms with Crippen molar-refractivity contribution in [3.05, 3.63) is 0 Å². The number of fused-ring (bicyclic) bond motifs is 1. The predicted octanol–water partition coefficient (Wildman–Crippen LogP) is 1.49. The Labute approximate surface area is 128 Å². The van der Waals surface area contributed by atoms with Crippen molar-refractivity contribution in [3.63, 3.8) is 0 Å². The number of halogens is 1. The summed E-state index contributed by atoms with van der Waals surface area (Å²) in [5, 5.41) is 3.44. The zero-order valence-electron chi connectivity index (χ0n) is 12.7. The lowest BCUT2D eigenvalue weighted by Gasteiger charge is -2.44. The van der Waals surface area contributed by atoms with Crippen LogP contribution in [0.3, 0.4) is 0 Å². The molecule has 2 unspecified atom stereocenters. The molecular weight excluding hydrogens is 274 g/mol. The second kappa shape index (κ2) is 6.63. The Hall–Kier alpha value is -0.320. The molecule has 1 N–H and O–H groups in total. The van der Waals surface area contributed by atoms with Gasteiger partial charge in [0.1, 0.15) is 0 Å². The number of nitrogens with one attached hydrogen (secondary N) is 1. The normalized spacial score (nSPS) is 38.2. The highest BCUT2D eigenvalue weighted by Gasteiger charge is 2.39. The molecule has 3 heterocycles. The van der Waals surface area contributed by atoms with Crippen molar-refractivity contribution in [3.8, 4) is 0 Å². The lowest BCUT2D eigenvalue weighted by molar-refractivity contribution is -0.142. The quantitative estimate of drug-likeness (QED) is 0.797. The maximum Gasteiger partial charge on any atom is 0.226 e. The molecule has 20 heavy (non-hydrogen) atoms. The monoisotopic (exact) mass is 301 g/mol. The van der Waals surface area contributed by atoms with Gasteiger partial charge in [-0.1, -0.05) is 0 Å². The average molecular weight is 302 g/mol. The van der Waals surface area contributed by atoms with E-state index in [2.05, 4.69) is 29.0 Å². The standard InChI is InChI=1S/C15H27N3O.ClH/c1-11-8-13(5-6-16-11)15(19)18-10-14-4-3-7-17(14)9-12(18)2;/h11-14,16H,3-10H2,1-2H3;1H/t11-,12?,13-,14?;/m0./s1. The number of hydrogen-bond acceptors (Lipinski definition) is 3. The third-order valence-electron chi connectivity index (χ3n) is 5.19. The van der Waals surface area contributed by atoms with E-state index in [4.69, 9.17) is 0 Å². The highest BCUT2D eigenvalue weighted by atomic mass is 35.5. The Kier molecular flexibility index (Phi) is 5.32. The van der Waals surface area contributed by atoms with Gasteiger partial charge in [0.25, 0.3) is 0 Å². The van der Waals surface area contributed by atoms with E-state index in [0.717, 1.165) is 32.5 Å². The molecule has 3 aliphatic rings. The SMILES string of the molecule is CC1CN2CCCC2CN1C(=O)[C@H]1CCN[C@@H](C)C1.Cl. The Morgan fingerprint density at radius 1 is 1.20 bits per heavy atom. The number of piperidine rings is 1. The number of carbonyl (C=O) groups excluding carboxylic acids is 1. The van der Waals surface area contributed by atoms with Crippen molar-refractivity contribution < 1.29 is 4.79 Å². The lowest BCUT2D eigenvalue weighted by Crippen LogP contribution is -2.58. The van der Waals surface area contributed by atoms with Crippen molar-refractivity contribution in [1.29, 1.82) is 0 Å². The van der Waals surface area contributed by atoms with E-state index in [9.17, 15) is 4.79 Å². The number of hydrogen-bond donors (Lipinski definition) is 1. The molecule has 3 aliphatic heterocycles. The van der Waals surface area contributed by atoms with Crippen molar-refractivity contribution in [2.45, 2.75) is 57.7 Å². The van der Waals surface area contributed by atoms with Crippen LogP contribution >= 0.6 is 12.4 Å². The predicted molar refractivity (Wildman–Crippen MR) is 83.2 cm³/mol. The number of nitrogens with zero attached hydrogens (tertiary/aromatic N) is 2. The molecule has 0 aromatic rings. The van der Waals surface area contributed by atoms with E-state index in [-0.39, 0.29) is 18.3 Å². The summed E-state index contributed by atoms with van der Waals surface area (Å²) in [6.07, 6.45) is 4.61. The molecule has 1 amide bonds. The van der Waals surface area contributed by atoms with Crippen LogP contribution < -0.4 is 5.32 Å². The third kappa shape index (κ3) is 3.12. The topological polar surface area (TPSA) is 35.6 Å². The van der Waals surface area contributed by atoms with Crippen LogP contribution in [0, 0.1) is 5.92 Å². The van der Waals surface area contributed by atoms with Gasteiger partial charge in [-0.2, -0.15) is 0 Å². The van der Waals surface area contributed by atoms with Crippen LogP contribution in [0.25, 0.3) is 0 Å². The minimum atomic E-state index is 0. The summed E-state index contributed by atoms with van der Waals surface area (Å²) in [5.41, 5.74) is 0. The first-order valence-electron chi connectivity index (χ1n) is 7.93. The van der Waals surface area contributed by atoms with E-state index in [0.29, 0.717) is 24.0 Å². The Balaban J connectivity index is 0.00000147. The second-order valence-electron chi connectivity index (χ2n) is 6.71. The first kappa shape index (κ1) is 16.1. The second-order valence-corrected chi connectivity index (χ2v) is 6.71. The van der Waals surface area contributed by atoms with Gasteiger partial charge in [0.2, 0.25) is 5.91 Å². The zero-order chi connectivity index (χ0) is 13.4. The minimum Gasteiger partial charge on any atom is -0.337 e. The van der Waals surface area contributed by atoms with Gasteiger partial charge in [-0.25, -0.2) is 0 Å². The van der Waals surface area contributed by atoms with Crippen LogP contribution in [0.4, 0.5) is 0 Å². The fourth-order valence-electron chi connectivity index (χ4n) is 4.09. The summed E-state index contributed by atoms with van der Waals surface area (Å²) in [4.78, 5) is 17.5. The first-order chi connectivity index (χ1) is 9.15. The first-order valence-corrected chi connectivity index (χ1v) is 7.93. The molecule has 0 radical (unpaired) electrons. The zero-order valence-corrected chi connectivity index (χ0v) is 13.5. The summed E-state index contributed by atoms with van der Waals surface area (Å²) in [6, 6.07) is 1.53. The summed E-state index contributed by atoms with van der Waals surface area (Å²) >= 11 is 0. The Bertz CT molecular complexity index is 352. The van der Waals surface area contributed by atoms with E-state index in [1.807, 2.05) is 0 Å². The van der Waals surface area contributed by atoms with E-state index < -0.39 is 0 Å². The fraction of sp³-hybridized carbons (Fsp3) is 0.933. The number of amides is 1. The molecule has 3 fully saturated rings. The minimum absolute atomic E-state index is 0. The fourth-order valence-corrected chi connectivity index (χ4v) is 4.09. The van der Waals surface area contributed by atoms with Crippen molar-refractivity contribution in [2.75, 3.05) is 26.2 Å². The van der Waals surface area contributed by atoms with Gasteiger partial charge in [-0.05, 0) is 52.6 Å². The van der Waals surface area contributed by atoms with Gasteiger partial charge in [-0.3, -0.25) is 9.69 Å². The molecule has 0 aliphatic carbocycles. The largest absolute Gasteiger partial charge is 0.337 e. The van der Waals surface area contributed by atoms with E-state index in [1.54, 1.807) is 0 Å². The third-order valence-corrected chi connectivity index (χ3v) is 5.19. The highest BCUT2D eigenvalue weighted by molar-refractivity contribution is 5.85. The maximum absolute atomic E-state index is 12.8. The summed E-state index contributed by atoms with van der Waals surface area (Å²) in [5.74, 6) is 0.680. The summed E-state index contributed by atoms with van der Waals surface area (Å²) in [7, 11) is 0. The summed E-state index contributed by atoms with van der Waals surface area (Å²) < 4.78 is 0. The molecular formula is C15H28ClN3O. The highest BCUT2D eigenvalue weighted by Crippen LogP contribution is 2.27. The van der Waals surface area contributed by atoms with Crippen LogP contribution in [0.5, 0.6) is 0 Å². The average Bonchev–Trinajstić information content (AvgIpc) is 2.84. The maximum atomic E-state index is 12.8. The van der Waals surface area contributed by atoms with E-state index >= 15 is 0 Å². The van der Waals surface area contributed by atoms with Gasteiger partial charge >= 0.3 is 0 Å². The van der Waals surface area contributed by atoms with Gasteiger partial charge in [0, 0.05) is 37.1 Å². The molecule has 3 rings (SSSR count). The molecule has 4 nitrogen and oxygen atoms in total. The smallest absolute Gasteiger partial charge is 0.226 e. The van der Waals surface area contributed by atoms with Gasteiger partial charge in [-0.15, -0.1) is 12.4 Å². The molecule has 3 saturated heterocycles. The molecule has 0 aromatic heterocycles. The van der Waals surface area contributed by atoms with Crippen LogP contribution in [-0.2, 0) is 4.79 Å².